The average Bonchev–Trinajstić information content (AvgIpc) is 2.89. The van der Waals surface area contributed by atoms with Crippen molar-refractivity contribution in [3.05, 3.63) is 53.3 Å². The van der Waals surface area contributed by atoms with E-state index < -0.39 is 0 Å². The van der Waals surface area contributed by atoms with Gasteiger partial charge in [-0.05, 0) is 65.5 Å². The minimum Gasteiger partial charge on any atom is -0.497 e. The molecule has 0 N–H and O–H groups in total. The van der Waals surface area contributed by atoms with E-state index in [0.29, 0.717) is 17.2 Å². The first-order valence-electron chi connectivity index (χ1n) is 10.9. The smallest absolute Gasteiger partial charge is 0.131 e. The molecule has 28 heavy (non-hydrogen) atoms. The lowest BCUT2D eigenvalue weighted by atomic mass is 9.70. The van der Waals surface area contributed by atoms with Gasteiger partial charge in [-0.1, -0.05) is 72.1 Å². The standard InChI is InChI=1S/C24H31FO.C2H6/c1-5-17-10-12-19(21-16-18(26-4)11-13-23(21)25)20(15-17)22-9-7-6-8-14-24(22,2)3;1-2/h10-13,15-16,22H,5-9,14H2,1-4H3;1-2H3/t22-;/m0./s1. The van der Waals surface area contributed by atoms with Gasteiger partial charge in [0, 0.05) is 5.56 Å². The van der Waals surface area contributed by atoms with Crippen molar-refractivity contribution < 1.29 is 9.13 Å². The average molecular weight is 385 g/mol. The molecule has 0 aromatic heterocycles. The molecule has 0 aliphatic heterocycles. The molecular weight excluding hydrogens is 347 g/mol. The van der Waals surface area contributed by atoms with Crippen molar-refractivity contribution in [3.63, 3.8) is 0 Å². The highest BCUT2D eigenvalue weighted by Crippen LogP contribution is 2.48. The van der Waals surface area contributed by atoms with Crippen LogP contribution in [0.25, 0.3) is 11.1 Å². The fourth-order valence-corrected chi connectivity index (χ4v) is 4.45. The van der Waals surface area contributed by atoms with E-state index in [-0.39, 0.29) is 11.2 Å². The fraction of sp³-hybridized carbons (Fsp3) is 0.538. The topological polar surface area (TPSA) is 9.23 Å². The van der Waals surface area contributed by atoms with Gasteiger partial charge in [-0.15, -0.1) is 0 Å². The minimum absolute atomic E-state index is 0.178. The van der Waals surface area contributed by atoms with Crippen LogP contribution in [0.5, 0.6) is 5.75 Å². The molecule has 0 unspecified atom stereocenters. The first kappa shape index (κ1) is 22.5. The molecule has 0 saturated heterocycles. The van der Waals surface area contributed by atoms with Crippen LogP contribution in [0.15, 0.2) is 36.4 Å². The summed E-state index contributed by atoms with van der Waals surface area (Å²) in [5, 5.41) is 0. The van der Waals surface area contributed by atoms with Gasteiger partial charge >= 0.3 is 0 Å². The molecule has 1 fully saturated rings. The van der Waals surface area contributed by atoms with Crippen molar-refractivity contribution in [2.24, 2.45) is 5.41 Å². The van der Waals surface area contributed by atoms with Crippen LogP contribution in [-0.4, -0.2) is 7.11 Å². The maximum atomic E-state index is 14.7. The van der Waals surface area contributed by atoms with Gasteiger partial charge in [0.25, 0.3) is 0 Å². The summed E-state index contributed by atoms with van der Waals surface area (Å²) in [5.74, 6) is 0.979. The summed E-state index contributed by atoms with van der Waals surface area (Å²) in [4.78, 5) is 0. The third kappa shape index (κ3) is 4.96. The van der Waals surface area contributed by atoms with Crippen LogP contribution in [0, 0.1) is 11.2 Å². The molecule has 0 bridgehead atoms. The molecular formula is C26H37FO. The van der Waals surface area contributed by atoms with Gasteiger partial charge in [0.1, 0.15) is 11.6 Å². The second-order valence-corrected chi connectivity index (χ2v) is 8.26. The number of aryl methyl sites for hydroxylation is 1. The van der Waals surface area contributed by atoms with E-state index in [0.717, 1.165) is 12.0 Å². The molecule has 2 aromatic carbocycles. The Kier molecular flexibility index (Phi) is 8.10. The van der Waals surface area contributed by atoms with Gasteiger partial charge in [-0.3, -0.25) is 0 Å². The Hall–Kier alpha value is -1.83. The van der Waals surface area contributed by atoms with Crippen molar-refractivity contribution in [1.82, 2.24) is 0 Å². The lowest BCUT2D eigenvalue weighted by Gasteiger charge is -2.35. The molecule has 1 saturated carbocycles. The van der Waals surface area contributed by atoms with E-state index in [9.17, 15) is 4.39 Å². The second-order valence-electron chi connectivity index (χ2n) is 8.26. The van der Waals surface area contributed by atoms with Crippen molar-refractivity contribution in [3.8, 4) is 16.9 Å². The van der Waals surface area contributed by atoms with Crippen molar-refractivity contribution >= 4 is 0 Å². The molecule has 1 nitrogen and oxygen atoms in total. The molecule has 0 heterocycles. The van der Waals surface area contributed by atoms with E-state index in [1.165, 1.54) is 49.3 Å². The number of methoxy groups -OCH3 is 1. The Balaban J connectivity index is 0.00000136. The largest absolute Gasteiger partial charge is 0.497 e. The summed E-state index contributed by atoms with van der Waals surface area (Å²) >= 11 is 0. The van der Waals surface area contributed by atoms with Crippen LogP contribution in [-0.2, 0) is 6.42 Å². The van der Waals surface area contributed by atoms with E-state index >= 15 is 0 Å². The van der Waals surface area contributed by atoms with Crippen LogP contribution in [0.2, 0.25) is 0 Å². The highest BCUT2D eigenvalue weighted by Gasteiger charge is 2.33. The Morgan fingerprint density at radius 1 is 1.00 bits per heavy atom. The van der Waals surface area contributed by atoms with Crippen molar-refractivity contribution in [1.29, 1.82) is 0 Å². The molecule has 0 radical (unpaired) electrons. The molecule has 1 atom stereocenters. The molecule has 0 spiro atoms. The van der Waals surface area contributed by atoms with Crippen LogP contribution in [0.3, 0.4) is 0 Å². The zero-order valence-corrected chi connectivity index (χ0v) is 18.6. The summed E-state index contributed by atoms with van der Waals surface area (Å²) in [7, 11) is 1.63. The quantitative estimate of drug-likeness (QED) is 0.483. The monoisotopic (exact) mass is 384 g/mol. The van der Waals surface area contributed by atoms with E-state index in [4.69, 9.17) is 4.74 Å². The number of benzene rings is 2. The molecule has 1 aliphatic rings. The number of hydrogen-bond acceptors (Lipinski definition) is 1. The van der Waals surface area contributed by atoms with Gasteiger partial charge in [0.05, 0.1) is 7.11 Å². The Morgan fingerprint density at radius 3 is 2.43 bits per heavy atom. The second kappa shape index (κ2) is 10.1. The third-order valence-electron chi connectivity index (χ3n) is 6.12. The lowest BCUT2D eigenvalue weighted by molar-refractivity contribution is 0.265. The molecule has 2 aromatic rings. The Bertz CT molecular complexity index is 763. The van der Waals surface area contributed by atoms with Crippen LogP contribution >= 0.6 is 0 Å². The number of ether oxygens (including phenoxy) is 1. The third-order valence-corrected chi connectivity index (χ3v) is 6.12. The summed E-state index contributed by atoms with van der Waals surface area (Å²) in [6, 6.07) is 11.6. The minimum atomic E-state index is -0.178. The maximum Gasteiger partial charge on any atom is 0.131 e. The Morgan fingerprint density at radius 2 is 1.75 bits per heavy atom. The van der Waals surface area contributed by atoms with E-state index in [2.05, 4.69) is 39.0 Å². The van der Waals surface area contributed by atoms with Crippen molar-refractivity contribution in [2.45, 2.75) is 79.1 Å². The van der Waals surface area contributed by atoms with Gasteiger partial charge in [0.2, 0.25) is 0 Å². The molecule has 1 aliphatic carbocycles. The predicted octanol–water partition coefficient (Wildman–Crippen LogP) is 8.16. The highest BCUT2D eigenvalue weighted by molar-refractivity contribution is 5.71. The van der Waals surface area contributed by atoms with Gasteiger partial charge in [-0.25, -0.2) is 4.39 Å². The number of halogens is 1. The highest BCUT2D eigenvalue weighted by atomic mass is 19.1. The van der Waals surface area contributed by atoms with Crippen LogP contribution < -0.4 is 4.74 Å². The van der Waals surface area contributed by atoms with E-state index in [1.807, 2.05) is 19.9 Å². The van der Waals surface area contributed by atoms with E-state index in [1.54, 1.807) is 13.2 Å². The summed E-state index contributed by atoms with van der Waals surface area (Å²) in [5.41, 5.74) is 4.54. The van der Waals surface area contributed by atoms with Gasteiger partial charge in [-0.2, -0.15) is 0 Å². The Labute approximate surface area is 171 Å². The first-order chi connectivity index (χ1) is 13.5. The molecule has 154 valence electrons. The number of rotatable bonds is 4. The molecule has 3 rings (SSSR count). The SMILES string of the molecule is CC.CCc1ccc(-c2cc(OC)ccc2F)c([C@@H]2CCCCCC2(C)C)c1. The number of hydrogen-bond donors (Lipinski definition) is 0. The summed E-state index contributed by atoms with van der Waals surface area (Å²) in [6.45, 7) is 10.9. The normalized spacial score (nSPS) is 18.6. The zero-order chi connectivity index (χ0) is 20.7. The van der Waals surface area contributed by atoms with Gasteiger partial charge in [0.15, 0.2) is 0 Å². The lowest BCUT2D eigenvalue weighted by Crippen LogP contribution is -2.21. The summed E-state index contributed by atoms with van der Waals surface area (Å²) in [6.07, 6.45) is 7.26. The van der Waals surface area contributed by atoms with Crippen LogP contribution in [0.1, 0.15) is 83.8 Å². The molecule has 0 amide bonds. The predicted molar refractivity (Wildman–Crippen MR) is 119 cm³/mol. The summed E-state index contributed by atoms with van der Waals surface area (Å²) < 4.78 is 20.1. The zero-order valence-electron chi connectivity index (χ0n) is 18.6. The fourth-order valence-electron chi connectivity index (χ4n) is 4.45. The molecule has 2 heteroatoms. The van der Waals surface area contributed by atoms with Crippen molar-refractivity contribution in [2.75, 3.05) is 7.11 Å². The maximum absolute atomic E-state index is 14.7. The first-order valence-corrected chi connectivity index (χ1v) is 10.9. The van der Waals surface area contributed by atoms with Gasteiger partial charge < -0.3 is 4.74 Å². The van der Waals surface area contributed by atoms with Crippen LogP contribution in [0.4, 0.5) is 4.39 Å².